The van der Waals surface area contributed by atoms with Crippen molar-refractivity contribution in [3.05, 3.63) is 45.7 Å². The van der Waals surface area contributed by atoms with Crippen molar-refractivity contribution in [3.63, 3.8) is 0 Å². The molecule has 1 aromatic heterocycles. The summed E-state index contributed by atoms with van der Waals surface area (Å²) in [4.78, 5) is 5.59. The van der Waals surface area contributed by atoms with Gasteiger partial charge in [-0.05, 0) is 24.3 Å². The van der Waals surface area contributed by atoms with Gasteiger partial charge in [-0.25, -0.2) is 9.37 Å². The summed E-state index contributed by atoms with van der Waals surface area (Å²) in [6.45, 7) is 6.55. The maximum absolute atomic E-state index is 12.8. The van der Waals surface area contributed by atoms with Gasteiger partial charge in [-0.3, -0.25) is 0 Å². The molecule has 0 fully saturated rings. The van der Waals surface area contributed by atoms with Crippen LogP contribution in [-0.2, 0) is 18.4 Å². The zero-order valence-corrected chi connectivity index (χ0v) is 13.1. The highest BCUT2D eigenvalue weighted by Crippen LogP contribution is 2.30. The molecule has 21 heavy (non-hydrogen) atoms. The molecule has 3 nitrogen and oxygen atoms in total. The Morgan fingerprint density at radius 3 is 2.52 bits per heavy atom. The number of nitrogens with zero attached hydrogens (tertiary/aromatic N) is 2. The van der Waals surface area contributed by atoms with E-state index in [0.717, 1.165) is 15.6 Å². The van der Waals surface area contributed by atoms with Crippen LogP contribution in [0.5, 0.6) is 5.75 Å². The highest BCUT2D eigenvalue weighted by Gasteiger charge is 2.23. The first kappa shape index (κ1) is 15.5. The summed E-state index contributed by atoms with van der Waals surface area (Å²) in [5.74, 6) is 0.314. The summed E-state index contributed by atoms with van der Waals surface area (Å²) in [7, 11) is 0. The van der Waals surface area contributed by atoms with Gasteiger partial charge in [0.2, 0.25) is 0 Å². The van der Waals surface area contributed by atoms with Crippen molar-refractivity contribution < 1.29 is 9.13 Å². The maximum Gasteiger partial charge on any atom is 0.140 e. The fraction of sp³-hybridized carbons (Fsp3) is 0.375. The predicted molar refractivity (Wildman–Crippen MR) is 80.9 cm³/mol. The topological polar surface area (TPSA) is 45.9 Å². The highest BCUT2D eigenvalue weighted by molar-refractivity contribution is 7.11. The Morgan fingerprint density at radius 1 is 1.29 bits per heavy atom. The second-order valence-electron chi connectivity index (χ2n) is 5.71. The molecule has 0 unspecified atom stereocenters. The van der Waals surface area contributed by atoms with Crippen LogP contribution in [0.25, 0.3) is 0 Å². The van der Waals surface area contributed by atoms with Crippen LogP contribution in [0, 0.1) is 17.1 Å². The predicted octanol–water partition coefficient (Wildman–Crippen LogP) is 4.22. The molecule has 0 aliphatic heterocycles. The third kappa shape index (κ3) is 4.02. The van der Waals surface area contributed by atoms with Gasteiger partial charge >= 0.3 is 0 Å². The molecule has 0 bridgehead atoms. The third-order valence-electron chi connectivity index (χ3n) is 2.87. The van der Waals surface area contributed by atoms with Gasteiger partial charge in [-0.15, -0.1) is 11.3 Å². The van der Waals surface area contributed by atoms with Crippen LogP contribution in [0.15, 0.2) is 24.3 Å². The molecule has 0 atom stereocenters. The van der Waals surface area contributed by atoms with Gasteiger partial charge in [-0.1, -0.05) is 20.8 Å². The summed E-state index contributed by atoms with van der Waals surface area (Å²) in [6, 6.07) is 8.07. The summed E-state index contributed by atoms with van der Waals surface area (Å²) >= 11 is 1.50. The number of nitriles is 1. The van der Waals surface area contributed by atoms with E-state index in [2.05, 4.69) is 31.8 Å². The van der Waals surface area contributed by atoms with E-state index in [0.29, 0.717) is 18.8 Å². The number of ether oxygens (including phenoxy) is 1. The lowest BCUT2D eigenvalue weighted by atomic mass is 9.91. The van der Waals surface area contributed by atoms with E-state index in [9.17, 15) is 4.39 Å². The van der Waals surface area contributed by atoms with E-state index >= 15 is 0 Å². The molecule has 0 radical (unpaired) electrons. The second-order valence-corrected chi connectivity index (χ2v) is 6.88. The van der Waals surface area contributed by atoms with E-state index in [-0.39, 0.29) is 11.2 Å². The van der Waals surface area contributed by atoms with Crippen LogP contribution < -0.4 is 4.74 Å². The number of aromatic nitrogens is 1. The molecule has 0 aliphatic carbocycles. The Labute approximate surface area is 128 Å². The number of hydrogen-bond acceptors (Lipinski definition) is 4. The normalized spacial score (nSPS) is 11.2. The maximum atomic E-state index is 12.8. The molecular weight excluding hydrogens is 287 g/mol. The van der Waals surface area contributed by atoms with Crippen LogP contribution in [-0.4, -0.2) is 4.98 Å². The number of thiazole rings is 1. The largest absolute Gasteiger partial charge is 0.486 e. The Hall–Kier alpha value is -1.93. The first-order valence-electron chi connectivity index (χ1n) is 6.64. The number of rotatable bonds is 4. The quantitative estimate of drug-likeness (QED) is 0.849. The fourth-order valence-corrected chi connectivity index (χ4v) is 3.04. The van der Waals surface area contributed by atoms with Crippen molar-refractivity contribution in [2.75, 3.05) is 0 Å². The standard InChI is InChI=1S/C16H17FN2OS/c1-16(2,3)15-13(8-9-18)21-14(19-15)10-20-12-6-4-11(17)5-7-12/h4-7H,8,10H2,1-3H3. The van der Waals surface area contributed by atoms with Crippen LogP contribution in [0.2, 0.25) is 0 Å². The van der Waals surface area contributed by atoms with Crippen LogP contribution in [0.3, 0.4) is 0 Å². The van der Waals surface area contributed by atoms with Crippen molar-refractivity contribution in [1.82, 2.24) is 4.98 Å². The zero-order valence-electron chi connectivity index (χ0n) is 12.3. The molecule has 0 saturated heterocycles. The van der Waals surface area contributed by atoms with E-state index in [4.69, 9.17) is 10.00 Å². The molecule has 0 aliphatic rings. The first-order valence-corrected chi connectivity index (χ1v) is 7.46. The zero-order chi connectivity index (χ0) is 15.5. The van der Waals surface area contributed by atoms with Gasteiger partial charge in [0.15, 0.2) is 0 Å². The van der Waals surface area contributed by atoms with E-state index in [1.54, 1.807) is 12.1 Å². The molecule has 0 spiro atoms. The SMILES string of the molecule is CC(C)(C)c1nc(COc2ccc(F)cc2)sc1CC#N. The number of benzene rings is 1. The summed E-state index contributed by atoms with van der Waals surface area (Å²) < 4.78 is 18.4. The van der Waals surface area contributed by atoms with Crippen molar-refractivity contribution >= 4 is 11.3 Å². The van der Waals surface area contributed by atoms with Crippen molar-refractivity contribution in [2.24, 2.45) is 0 Å². The molecule has 2 rings (SSSR count). The van der Waals surface area contributed by atoms with Crippen molar-refractivity contribution in [3.8, 4) is 11.8 Å². The highest BCUT2D eigenvalue weighted by atomic mass is 32.1. The van der Waals surface area contributed by atoms with Gasteiger partial charge < -0.3 is 4.74 Å². The summed E-state index contributed by atoms with van der Waals surface area (Å²) in [5.41, 5.74) is 0.850. The molecule has 0 N–H and O–H groups in total. The van der Waals surface area contributed by atoms with Gasteiger partial charge in [-0.2, -0.15) is 5.26 Å². The minimum atomic E-state index is -0.289. The Bertz CT molecular complexity index is 650. The lowest BCUT2D eigenvalue weighted by Gasteiger charge is -2.16. The van der Waals surface area contributed by atoms with Crippen LogP contribution in [0.4, 0.5) is 4.39 Å². The smallest absolute Gasteiger partial charge is 0.140 e. The summed E-state index contributed by atoms with van der Waals surface area (Å²) in [5, 5.41) is 9.74. The summed E-state index contributed by atoms with van der Waals surface area (Å²) in [6.07, 6.45) is 0.362. The first-order chi connectivity index (χ1) is 9.90. The minimum absolute atomic E-state index is 0.100. The molecule has 2 aromatic rings. The Morgan fingerprint density at radius 2 is 1.95 bits per heavy atom. The van der Waals surface area contributed by atoms with Gasteiger partial charge in [0.25, 0.3) is 0 Å². The second kappa shape index (κ2) is 6.23. The van der Waals surface area contributed by atoms with E-state index in [1.807, 2.05) is 0 Å². The van der Waals surface area contributed by atoms with Gasteiger partial charge in [0.05, 0.1) is 18.2 Å². The molecule has 1 heterocycles. The molecule has 5 heteroatoms. The fourth-order valence-electron chi connectivity index (χ4n) is 1.92. The average Bonchev–Trinajstić information content (AvgIpc) is 2.82. The van der Waals surface area contributed by atoms with Crippen molar-refractivity contribution in [1.29, 1.82) is 5.26 Å². The molecule has 0 amide bonds. The lowest BCUT2D eigenvalue weighted by Crippen LogP contribution is -2.14. The molecule has 0 saturated carbocycles. The number of halogens is 1. The van der Waals surface area contributed by atoms with Crippen LogP contribution >= 0.6 is 11.3 Å². The molecular formula is C16H17FN2OS. The Balaban J connectivity index is 2.14. The van der Waals surface area contributed by atoms with Gasteiger partial charge in [0.1, 0.15) is 23.2 Å². The van der Waals surface area contributed by atoms with E-state index < -0.39 is 0 Å². The Kier molecular flexibility index (Phi) is 4.59. The van der Waals surface area contributed by atoms with Crippen molar-refractivity contribution in [2.45, 2.75) is 39.2 Å². The monoisotopic (exact) mass is 304 g/mol. The molecule has 110 valence electrons. The lowest BCUT2D eigenvalue weighted by molar-refractivity contribution is 0.304. The minimum Gasteiger partial charge on any atom is -0.486 e. The van der Waals surface area contributed by atoms with Crippen LogP contribution in [0.1, 0.15) is 36.3 Å². The number of hydrogen-bond donors (Lipinski definition) is 0. The average molecular weight is 304 g/mol. The van der Waals surface area contributed by atoms with E-state index in [1.165, 1.54) is 23.5 Å². The molecule has 1 aromatic carbocycles. The van der Waals surface area contributed by atoms with Gasteiger partial charge in [0, 0.05) is 10.3 Å². The third-order valence-corrected chi connectivity index (χ3v) is 3.90.